The zero-order valence-corrected chi connectivity index (χ0v) is 10.2. The van der Waals surface area contributed by atoms with Gasteiger partial charge in [-0.3, -0.25) is 0 Å². The molecular formula is C11H18FN3O. The maximum atomic E-state index is 13.5. The summed E-state index contributed by atoms with van der Waals surface area (Å²) in [5.41, 5.74) is -0.00763. The number of hydrogen-bond acceptors (Lipinski definition) is 4. The lowest BCUT2D eigenvalue weighted by Crippen LogP contribution is -2.33. The second kappa shape index (κ2) is 5.21. The highest BCUT2D eigenvalue weighted by Crippen LogP contribution is 2.14. The molecule has 1 aromatic rings. The van der Waals surface area contributed by atoms with Gasteiger partial charge < -0.3 is 10.1 Å². The van der Waals surface area contributed by atoms with Crippen LogP contribution in [0.25, 0.3) is 0 Å². The van der Waals surface area contributed by atoms with Crippen LogP contribution in [0.2, 0.25) is 0 Å². The highest BCUT2D eigenvalue weighted by atomic mass is 19.1. The molecule has 0 unspecified atom stereocenters. The number of ether oxygens (including phenoxy) is 1. The van der Waals surface area contributed by atoms with Gasteiger partial charge in [-0.1, -0.05) is 0 Å². The van der Waals surface area contributed by atoms with E-state index in [0.29, 0.717) is 18.8 Å². The van der Waals surface area contributed by atoms with E-state index < -0.39 is 5.82 Å². The van der Waals surface area contributed by atoms with Crippen molar-refractivity contribution in [2.24, 2.45) is 0 Å². The molecule has 0 atom stereocenters. The molecule has 1 rings (SSSR count). The van der Waals surface area contributed by atoms with E-state index in [1.807, 2.05) is 20.8 Å². The van der Waals surface area contributed by atoms with Crippen LogP contribution in [0, 0.1) is 12.7 Å². The molecule has 1 aromatic heterocycles. The van der Waals surface area contributed by atoms with Gasteiger partial charge in [0.2, 0.25) is 0 Å². The van der Waals surface area contributed by atoms with Crippen molar-refractivity contribution in [2.45, 2.75) is 33.3 Å². The summed E-state index contributed by atoms with van der Waals surface area (Å²) in [6.07, 6.45) is 1.34. The Balaban J connectivity index is 2.64. The Morgan fingerprint density at radius 1 is 1.44 bits per heavy atom. The number of aryl methyl sites for hydroxylation is 1. The molecule has 5 heteroatoms. The monoisotopic (exact) mass is 227 g/mol. The fourth-order valence-electron chi connectivity index (χ4n) is 1.32. The molecule has 1 N–H and O–H groups in total. The summed E-state index contributed by atoms with van der Waals surface area (Å²) in [6.45, 7) is 8.53. The van der Waals surface area contributed by atoms with Crippen LogP contribution in [0.3, 0.4) is 0 Å². The Morgan fingerprint density at radius 3 is 2.75 bits per heavy atom. The summed E-state index contributed by atoms with van der Waals surface area (Å²) in [7, 11) is 0. The smallest absolute Gasteiger partial charge is 0.186 e. The molecule has 0 fully saturated rings. The second-order valence-electron chi connectivity index (χ2n) is 4.17. The van der Waals surface area contributed by atoms with E-state index in [9.17, 15) is 4.39 Å². The molecular weight excluding hydrogens is 209 g/mol. The molecule has 0 saturated carbocycles. The Bertz CT molecular complexity index is 355. The van der Waals surface area contributed by atoms with Crippen molar-refractivity contribution in [3.8, 4) is 0 Å². The van der Waals surface area contributed by atoms with Crippen LogP contribution >= 0.6 is 0 Å². The number of halogens is 1. The number of nitrogens with zero attached hydrogens (tertiary/aromatic N) is 2. The minimum atomic E-state index is -0.408. The van der Waals surface area contributed by atoms with Crippen molar-refractivity contribution < 1.29 is 9.13 Å². The number of nitrogens with one attached hydrogen (secondary N) is 1. The van der Waals surface area contributed by atoms with Crippen molar-refractivity contribution in [3.05, 3.63) is 17.8 Å². The highest BCUT2D eigenvalue weighted by Gasteiger charge is 2.18. The molecule has 1 heterocycles. The molecule has 0 aliphatic heterocycles. The van der Waals surface area contributed by atoms with Gasteiger partial charge in [-0.2, -0.15) is 0 Å². The van der Waals surface area contributed by atoms with Gasteiger partial charge in [0.1, 0.15) is 6.33 Å². The maximum Gasteiger partial charge on any atom is 0.186 e. The van der Waals surface area contributed by atoms with E-state index in [2.05, 4.69) is 15.3 Å². The van der Waals surface area contributed by atoms with Gasteiger partial charge >= 0.3 is 0 Å². The van der Waals surface area contributed by atoms with E-state index in [1.165, 1.54) is 6.33 Å². The Kier molecular flexibility index (Phi) is 4.18. The molecule has 0 amide bonds. The van der Waals surface area contributed by atoms with Crippen LogP contribution in [-0.2, 0) is 4.74 Å². The van der Waals surface area contributed by atoms with Crippen LogP contribution in [0.5, 0.6) is 0 Å². The van der Waals surface area contributed by atoms with E-state index in [-0.39, 0.29) is 11.4 Å². The zero-order chi connectivity index (χ0) is 12.2. The van der Waals surface area contributed by atoms with Gasteiger partial charge in [0.05, 0.1) is 11.3 Å². The predicted molar refractivity (Wildman–Crippen MR) is 60.9 cm³/mol. The third kappa shape index (κ3) is 3.41. The second-order valence-corrected chi connectivity index (χ2v) is 4.17. The fourth-order valence-corrected chi connectivity index (χ4v) is 1.32. The Morgan fingerprint density at radius 2 is 2.12 bits per heavy atom. The third-order valence-corrected chi connectivity index (χ3v) is 2.18. The van der Waals surface area contributed by atoms with E-state index >= 15 is 0 Å². The SMILES string of the molecule is CCOC(C)(C)CNc1ncnc(C)c1F. The lowest BCUT2D eigenvalue weighted by atomic mass is 10.1. The summed E-state index contributed by atoms with van der Waals surface area (Å²) in [4.78, 5) is 7.61. The molecule has 0 aromatic carbocycles. The standard InChI is InChI=1S/C11H18FN3O/c1-5-16-11(3,4)6-13-10-9(12)8(2)14-7-15-10/h7H,5-6H2,1-4H3,(H,13,14,15). The van der Waals surface area contributed by atoms with Crippen LogP contribution in [0.1, 0.15) is 26.5 Å². The van der Waals surface area contributed by atoms with Crippen LogP contribution in [0.15, 0.2) is 6.33 Å². The van der Waals surface area contributed by atoms with E-state index in [1.54, 1.807) is 6.92 Å². The van der Waals surface area contributed by atoms with Gasteiger partial charge in [0.15, 0.2) is 11.6 Å². The van der Waals surface area contributed by atoms with Gasteiger partial charge in [0, 0.05) is 13.2 Å². The summed E-state index contributed by atoms with van der Waals surface area (Å²) in [5.74, 6) is -0.185. The maximum absolute atomic E-state index is 13.5. The van der Waals surface area contributed by atoms with Crippen LogP contribution in [-0.4, -0.2) is 28.7 Å². The Labute approximate surface area is 95.3 Å². The molecule has 0 radical (unpaired) electrons. The molecule has 90 valence electrons. The molecule has 0 saturated heterocycles. The van der Waals surface area contributed by atoms with Gasteiger partial charge in [-0.15, -0.1) is 0 Å². The van der Waals surface area contributed by atoms with Crippen LogP contribution < -0.4 is 5.32 Å². The van der Waals surface area contributed by atoms with Crippen molar-refractivity contribution in [1.82, 2.24) is 9.97 Å². The first-order chi connectivity index (χ1) is 7.46. The first-order valence-corrected chi connectivity index (χ1v) is 5.31. The molecule has 0 bridgehead atoms. The summed E-state index contributed by atoms with van der Waals surface area (Å²) >= 11 is 0. The summed E-state index contributed by atoms with van der Waals surface area (Å²) < 4.78 is 19.0. The largest absolute Gasteiger partial charge is 0.374 e. The minimum absolute atomic E-state index is 0.222. The number of anilines is 1. The third-order valence-electron chi connectivity index (χ3n) is 2.18. The van der Waals surface area contributed by atoms with Gasteiger partial charge in [-0.25, -0.2) is 14.4 Å². The van der Waals surface area contributed by atoms with Gasteiger partial charge in [-0.05, 0) is 27.7 Å². The summed E-state index contributed by atoms with van der Waals surface area (Å²) in [5, 5.41) is 2.93. The Hall–Kier alpha value is -1.23. The van der Waals surface area contributed by atoms with Crippen molar-refractivity contribution >= 4 is 5.82 Å². The van der Waals surface area contributed by atoms with Crippen molar-refractivity contribution in [2.75, 3.05) is 18.5 Å². The number of hydrogen-bond donors (Lipinski definition) is 1. The predicted octanol–water partition coefficient (Wildman–Crippen LogP) is 2.15. The number of rotatable bonds is 5. The first-order valence-electron chi connectivity index (χ1n) is 5.31. The average molecular weight is 227 g/mol. The topological polar surface area (TPSA) is 47.0 Å². The molecule has 4 nitrogen and oxygen atoms in total. The van der Waals surface area contributed by atoms with Crippen LogP contribution in [0.4, 0.5) is 10.2 Å². The number of aromatic nitrogens is 2. The lowest BCUT2D eigenvalue weighted by molar-refractivity contribution is 0.000597. The zero-order valence-electron chi connectivity index (χ0n) is 10.2. The molecule has 0 aliphatic carbocycles. The van der Waals surface area contributed by atoms with Crippen molar-refractivity contribution in [1.29, 1.82) is 0 Å². The van der Waals surface area contributed by atoms with Gasteiger partial charge in [0.25, 0.3) is 0 Å². The van der Waals surface area contributed by atoms with E-state index in [0.717, 1.165) is 0 Å². The van der Waals surface area contributed by atoms with Crippen molar-refractivity contribution in [3.63, 3.8) is 0 Å². The fraction of sp³-hybridized carbons (Fsp3) is 0.636. The molecule has 16 heavy (non-hydrogen) atoms. The lowest BCUT2D eigenvalue weighted by Gasteiger charge is -2.25. The minimum Gasteiger partial charge on any atom is -0.374 e. The highest BCUT2D eigenvalue weighted by molar-refractivity contribution is 5.37. The first kappa shape index (κ1) is 12.8. The summed E-state index contributed by atoms with van der Waals surface area (Å²) in [6, 6.07) is 0. The molecule has 0 aliphatic rings. The quantitative estimate of drug-likeness (QED) is 0.837. The van der Waals surface area contributed by atoms with E-state index in [4.69, 9.17) is 4.74 Å². The average Bonchev–Trinajstić information content (AvgIpc) is 2.20. The molecule has 0 spiro atoms. The normalized spacial score (nSPS) is 11.6.